The van der Waals surface area contributed by atoms with Crippen molar-refractivity contribution in [2.45, 2.75) is 39.8 Å². The van der Waals surface area contributed by atoms with Crippen molar-refractivity contribution in [3.05, 3.63) is 45.2 Å². The molecule has 1 N–H and O–H groups in total. The molecular weight excluding hydrogens is 314 g/mol. The van der Waals surface area contributed by atoms with Crippen LogP contribution in [-0.2, 0) is 13.1 Å². The van der Waals surface area contributed by atoms with Crippen LogP contribution in [-0.4, -0.2) is 9.97 Å². The molecule has 1 aliphatic rings. The van der Waals surface area contributed by atoms with Crippen LogP contribution < -0.4 is 5.32 Å². The van der Waals surface area contributed by atoms with Crippen LogP contribution in [0.4, 0.5) is 0 Å². The molecule has 3 rings (SSSR count). The van der Waals surface area contributed by atoms with Gasteiger partial charge in [0.15, 0.2) is 5.82 Å². The first-order chi connectivity index (χ1) is 9.56. The molecule has 0 saturated carbocycles. The Bertz CT molecular complexity index is 665. The normalized spacial score (nSPS) is 13.8. The standard InChI is InChI=1S/C16H18BrN3/c1-9(2)15-12-7-18-8-14(12)19-16(20-15)11-5-4-10(3)6-13(11)17/h4-6,9,18H,7-8H2,1-3H3. The van der Waals surface area contributed by atoms with E-state index in [1.807, 2.05) is 0 Å². The van der Waals surface area contributed by atoms with Crippen LogP contribution in [0.2, 0.25) is 0 Å². The number of benzene rings is 1. The maximum atomic E-state index is 4.82. The molecule has 0 bridgehead atoms. The number of aryl methyl sites for hydroxylation is 1. The van der Waals surface area contributed by atoms with E-state index in [1.54, 1.807) is 0 Å². The van der Waals surface area contributed by atoms with Crippen molar-refractivity contribution in [1.82, 2.24) is 15.3 Å². The lowest BCUT2D eigenvalue weighted by atomic mass is 10.0. The summed E-state index contributed by atoms with van der Waals surface area (Å²) in [6.07, 6.45) is 0. The first-order valence-electron chi connectivity index (χ1n) is 6.93. The first kappa shape index (κ1) is 13.7. The van der Waals surface area contributed by atoms with E-state index in [9.17, 15) is 0 Å². The number of nitrogens with one attached hydrogen (secondary N) is 1. The summed E-state index contributed by atoms with van der Waals surface area (Å²) in [5, 5.41) is 3.37. The molecule has 3 nitrogen and oxygen atoms in total. The molecule has 0 aliphatic carbocycles. The summed E-state index contributed by atoms with van der Waals surface area (Å²) in [6, 6.07) is 6.30. The highest BCUT2D eigenvalue weighted by Gasteiger charge is 2.21. The van der Waals surface area contributed by atoms with E-state index < -0.39 is 0 Å². The fourth-order valence-electron chi connectivity index (χ4n) is 2.59. The van der Waals surface area contributed by atoms with Crippen molar-refractivity contribution in [2.75, 3.05) is 0 Å². The molecule has 0 unspecified atom stereocenters. The highest BCUT2D eigenvalue weighted by molar-refractivity contribution is 9.10. The van der Waals surface area contributed by atoms with Gasteiger partial charge in [0, 0.05) is 28.7 Å². The topological polar surface area (TPSA) is 37.8 Å². The number of nitrogens with zero attached hydrogens (tertiary/aromatic N) is 2. The summed E-state index contributed by atoms with van der Waals surface area (Å²) in [5.74, 6) is 1.23. The predicted octanol–water partition coefficient (Wildman–Crippen LogP) is 3.94. The van der Waals surface area contributed by atoms with Gasteiger partial charge in [-0.1, -0.05) is 35.8 Å². The lowest BCUT2D eigenvalue weighted by molar-refractivity contribution is 0.746. The number of rotatable bonds is 2. The van der Waals surface area contributed by atoms with Gasteiger partial charge in [-0.05, 0) is 30.5 Å². The van der Waals surface area contributed by atoms with Crippen molar-refractivity contribution in [3.63, 3.8) is 0 Å². The smallest absolute Gasteiger partial charge is 0.160 e. The molecule has 4 heteroatoms. The van der Waals surface area contributed by atoms with Crippen LogP contribution in [0.25, 0.3) is 11.4 Å². The van der Waals surface area contributed by atoms with E-state index in [-0.39, 0.29) is 0 Å². The Morgan fingerprint density at radius 1 is 1.20 bits per heavy atom. The second-order valence-corrected chi connectivity index (χ2v) is 6.45. The van der Waals surface area contributed by atoms with Gasteiger partial charge in [-0.3, -0.25) is 0 Å². The molecule has 1 aromatic heterocycles. The summed E-state index contributed by atoms with van der Waals surface area (Å²) in [4.78, 5) is 9.58. The summed E-state index contributed by atoms with van der Waals surface area (Å²) < 4.78 is 1.05. The van der Waals surface area contributed by atoms with E-state index in [2.05, 4.69) is 60.2 Å². The maximum absolute atomic E-state index is 4.82. The fraction of sp³-hybridized carbons (Fsp3) is 0.375. The van der Waals surface area contributed by atoms with Gasteiger partial charge in [0.25, 0.3) is 0 Å². The second kappa shape index (κ2) is 5.26. The Morgan fingerprint density at radius 2 is 2.00 bits per heavy atom. The van der Waals surface area contributed by atoms with Gasteiger partial charge in [0.05, 0.1) is 11.4 Å². The molecule has 104 valence electrons. The van der Waals surface area contributed by atoms with Crippen LogP contribution in [0.5, 0.6) is 0 Å². The Kier molecular flexibility index (Phi) is 3.61. The maximum Gasteiger partial charge on any atom is 0.160 e. The zero-order chi connectivity index (χ0) is 14.3. The second-order valence-electron chi connectivity index (χ2n) is 5.60. The minimum Gasteiger partial charge on any atom is -0.307 e. The molecule has 20 heavy (non-hydrogen) atoms. The van der Waals surface area contributed by atoms with Crippen LogP contribution in [0.15, 0.2) is 22.7 Å². The molecule has 0 spiro atoms. The van der Waals surface area contributed by atoms with Gasteiger partial charge in [-0.2, -0.15) is 0 Å². The number of aromatic nitrogens is 2. The number of hydrogen-bond acceptors (Lipinski definition) is 3. The van der Waals surface area contributed by atoms with Crippen molar-refractivity contribution >= 4 is 15.9 Å². The van der Waals surface area contributed by atoms with E-state index in [1.165, 1.54) is 16.8 Å². The molecule has 0 radical (unpaired) electrons. The summed E-state index contributed by atoms with van der Waals surface area (Å²) in [5.41, 5.74) is 5.89. The highest BCUT2D eigenvalue weighted by atomic mass is 79.9. The SMILES string of the molecule is Cc1ccc(-c2nc3c(c(C(C)C)n2)CNC3)c(Br)c1. The van der Waals surface area contributed by atoms with E-state index >= 15 is 0 Å². The number of halogens is 1. The van der Waals surface area contributed by atoms with E-state index in [0.717, 1.165) is 34.6 Å². The van der Waals surface area contributed by atoms with Crippen LogP contribution >= 0.6 is 15.9 Å². The van der Waals surface area contributed by atoms with E-state index in [4.69, 9.17) is 9.97 Å². The minimum absolute atomic E-state index is 0.412. The van der Waals surface area contributed by atoms with Crippen LogP contribution in [0.1, 0.15) is 42.3 Å². The fourth-order valence-corrected chi connectivity index (χ4v) is 3.26. The van der Waals surface area contributed by atoms with Gasteiger partial charge in [0.2, 0.25) is 0 Å². The highest BCUT2D eigenvalue weighted by Crippen LogP contribution is 2.30. The summed E-state index contributed by atoms with van der Waals surface area (Å²) >= 11 is 3.63. The number of hydrogen-bond donors (Lipinski definition) is 1. The van der Waals surface area contributed by atoms with Crippen LogP contribution in [0.3, 0.4) is 0 Å². The molecule has 1 aromatic carbocycles. The van der Waals surface area contributed by atoms with Gasteiger partial charge < -0.3 is 5.32 Å². The van der Waals surface area contributed by atoms with Crippen molar-refractivity contribution in [1.29, 1.82) is 0 Å². The number of fused-ring (bicyclic) bond motifs is 1. The summed E-state index contributed by atoms with van der Waals surface area (Å²) in [7, 11) is 0. The van der Waals surface area contributed by atoms with Gasteiger partial charge in [-0.25, -0.2) is 9.97 Å². The molecular formula is C16H18BrN3. The van der Waals surface area contributed by atoms with Crippen molar-refractivity contribution in [3.8, 4) is 11.4 Å². The molecule has 1 aliphatic heterocycles. The molecule has 2 heterocycles. The molecule has 0 atom stereocenters. The minimum atomic E-state index is 0.412. The monoisotopic (exact) mass is 331 g/mol. The zero-order valence-electron chi connectivity index (χ0n) is 12.0. The third-order valence-corrected chi connectivity index (χ3v) is 4.29. The average Bonchev–Trinajstić information content (AvgIpc) is 2.85. The quantitative estimate of drug-likeness (QED) is 0.905. The average molecular weight is 332 g/mol. The third kappa shape index (κ3) is 2.38. The lowest BCUT2D eigenvalue weighted by Crippen LogP contribution is -2.05. The summed E-state index contributed by atoms with van der Waals surface area (Å²) in [6.45, 7) is 8.19. The molecule has 0 fully saturated rings. The Balaban J connectivity index is 2.17. The van der Waals surface area contributed by atoms with Crippen molar-refractivity contribution < 1.29 is 0 Å². The van der Waals surface area contributed by atoms with Gasteiger partial charge in [-0.15, -0.1) is 0 Å². The Labute approximate surface area is 128 Å². The molecule has 2 aromatic rings. The molecule has 0 amide bonds. The van der Waals surface area contributed by atoms with Crippen LogP contribution in [0, 0.1) is 6.92 Å². The Hall–Kier alpha value is -1.26. The Morgan fingerprint density at radius 3 is 2.70 bits per heavy atom. The predicted molar refractivity (Wildman–Crippen MR) is 84.5 cm³/mol. The lowest BCUT2D eigenvalue weighted by Gasteiger charge is -2.13. The largest absolute Gasteiger partial charge is 0.307 e. The third-order valence-electron chi connectivity index (χ3n) is 3.63. The van der Waals surface area contributed by atoms with Gasteiger partial charge >= 0.3 is 0 Å². The van der Waals surface area contributed by atoms with E-state index in [0.29, 0.717) is 5.92 Å². The van der Waals surface area contributed by atoms with Crippen molar-refractivity contribution in [2.24, 2.45) is 0 Å². The van der Waals surface area contributed by atoms with Gasteiger partial charge in [0.1, 0.15) is 0 Å². The first-order valence-corrected chi connectivity index (χ1v) is 7.72. The zero-order valence-corrected chi connectivity index (χ0v) is 13.6. The molecule has 0 saturated heterocycles.